The zero-order chi connectivity index (χ0) is 41.2. The first-order valence-electron chi connectivity index (χ1n) is 20.8. The van der Waals surface area contributed by atoms with E-state index in [2.05, 4.69) is 150 Å². The number of halogens is 1. The second-order valence-corrected chi connectivity index (χ2v) is 16.6. The van der Waals surface area contributed by atoms with Crippen LogP contribution in [0.2, 0.25) is 0 Å². The molecule has 10 aromatic rings. The van der Waals surface area contributed by atoms with E-state index >= 15 is 4.39 Å². The first kappa shape index (κ1) is 36.3. The molecule has 4 heteroatoms. The second kappa shape index (κ2) is 14.2. The zero-order valence-corrected chi connectivity index (χ0v) is 33.8. The summed E-state index contributed by atoms with van der Waals surface area (Å²) in [5.41, 5.74) is 10.7. The van der Waals surface area contributed by atoms with Crippen molar-refractivity contribution in [1.82, 2.24) is 0 Å². The molecule has 10 aromatic carbocycles. The molecule has 0 aromatic heterocycles. The molecule has 1 aliphatic rings. The lowest BCUT2D eigenvalue weighted by atomic mass is 9.77. The van der Waals surface area contributed by atoms with Crippen molar-refractivity contribution in [3.8, 4) is 22.3 Å². The van der Waals surface area contributed by atoms with E-state index in [1.165, 1.54) is 10.9 Å². The number of benzene rings is 10. The summed E-state index contributed by atoms with van der Waals surface area (Å²) in [5, 5.41) is 6.74. The average Bonchev–Trinajstić information content (AvgIpc) is 3.55. The summed E-state index contributed by atoms with van der Waals surface area (Å²) in [7, 11) is 0. The smallest absolute Gasteiger partial charge is 0.187 e. The molecule has 0 aliphatic carbocycles. The summed E-state index contributed by atoms with van der Waals surface area (Å²) in [4.78, 5) is 8.44. The molecule has 0 amide bonds. The summed E-state index contributed by atoms with van der Waals surface area (Å²) in [6, 6.07) is 68.8. The van der Waals surface area contributed by atoms with Crippen LogP contribution in [0.5, 0.6) is 0 Å². The van der Waals surface area contributed by atoms with Crippen LogP contribution < -0.4 is 9.80 Å². The molecule has 0 saturated heterocycles. The van der Waals surface area contributed by atoms with Crippen molar-refractivity contribution in [1.29, 1.82) is 0 Å². The molecule has 0 fully saturated rings. The van der Waals surface area contributed by atoms with Crippen LogP contribution in [0.4, 0.5) is 38.5 Å². The molecule has 0 radical (unpaired) electrons. The van der Waals surface area contributed by atoms with Gasteiger partial charge in [0.05, 0.1) is 24.0 Å². The summed E-state index contributed by atoms with van der Waals surface area (Å²) >= 11 is 0. The largest absolute Gasteiger partial charge is 0.332 e. The lowest BCUT2D eigenvalue weighted by molar-refractivity contribution is 0.449. The summed E-state index contributed by atoms with van der Waals surface area (Å²) in [5.74, 6) is -0.305. The number of rotatable bonds is 7. The molecule has 1 aliphatic heterocycles. The van der Waals surface area contributed by atoms with E-state index in [1.54, 1.807) is 6.07 Å². The Morgan fingerprint density at radius 3 is 1.82 bits per heavy atom. The fourth-order valence-corrected chi connectivity index (χ4v) is 10.0. The van der Waals surface area contributed by atoms with Gasteiger partial charge in [0.1, 0.15) is 5.82 Å². The highest BCUT2D eigenvalue weighted by Crippen LogP contribution is 2.58. The van der Waals surface area contributed by atoms with Crippen LogP contribution in [0, 0.1) is 12.4 Å². The van der Waals surface area contributed by atoms with Crippen LogP contribution in [0.25, 0.3) is 59.4 Å². The first-order valence-corrected chi connectivity index (χ1v) is 20.8. The molecule has 3 nitrogen and oxygen atoms in total. The molecule has 0 N–H and O–H groups in total. The van der Waals surface area contributed by atoms with Gasteiger partial charge in [-0.05, 0) is 91.8 Å². The van der Waals surface area contributed by atoms with E-state index in [-0.39, 0.29) is 17.3 Å². The van der Waals surface area contributed by atoms with Gasteiger partial charge in [-0.2, -0.15) is 0 Å². The number of nitrogens with zero attached hydrogens (tertiary/aromatic N) is 3. The van der Waals surface area contributed by atoms with Crippen molar-refractivity contribution in [3.63, 3.8) is 0 Å². The monoisotopic (exact) mass is 785 g/mol. The number of hydrogen-bond acceptors (Lipinski definition) is 2. The maximum atomic E-state index is 17.5. The Labute approximate surface area is 355 Å². The highest BCUT2D eigenvalue weighted by molar-refractivity contribution is 6.28. The van der Waals surface area contributed by atoms with Crippen molar-refractivity contribution < 1.29 is 4.39 Å². The second-order valence-electron chi connectivity index (χ2n) is 16.6. The number of para-hydroxylation sites is 1. The molecule has 61 heavy (non-hydrogen) atoms. The number of hydrogen-bond donors (Lipinski definition) is 0. The quantitative estimate of drug-likeness (QED) is 0.118. The van der Waals surface area contributed by atoms with Gasteiger partial charge in [0.2, 0.25) is 0 Å². The number of fused-ring (bicyclic) bond motifs is 1. The molecule has 290 valence electrons. The first-order chi connectivity index (χ1) is 29.9. The molecule has 0 spiro atoms. The van der Waals surface area contributed by atoms with Crippen LogP contribution >= 0.6 is 0 Å². The van der Waals surface area contributed by atoms with Crippen LogP contribution in [-0.4, -0.2) is 0 Å². The van der Waals surface area contributed by atoms with Gasteiger partial charge in [0.25, 0.3) is 0 Å². The summed E-state index contributed by atoms with van der Waals surface area (Å²) in [6.07, 6.45) is 0. The minimum atomic E-state index is -0.305. The molecule has 0 bridgehead atoms. The third-order valence-electron chi connectivity index (χ3n) is 12.7. The van der Waals surface area contributed by atoms with E-state index in [0.29, 0.717) is 11.4 Å². The van der Waals surface area contributed by atoms with E-state index < -0.39 is 0 Å². The van der Waals surface area contributed by atoms with Gasteiger partial charge in [0, 0.05) is 38.8 Å². The van der Waals surface area contributed by atoms with Crippen LogP contribution in [0.15, 0.2) is 200 Å². The third-order valence-corrected chi connectivity index (χ3v) is 12.7. The predicted molar refractivity (Wildman–Crippen MR) is 253 cm³/mol. The van der Waals surface area contributed by atoms with Gasteiger partial charge in [-0.1, -0.05) is 172 Å². The summed E-state index contributed by atoms with van der Waals surface area (Å²) < 4.78 is 17.5. The minimum Gasteiger partial charge on any atom is -0.332 e. The van der Waals surface area contributed by atoms with Gasteiger partial charge in [-0.25, -0.2) is 9.24 Å². The van der Waals surface area contributed by atoms with Gasteiger partial charge in [0.15, 0.2) is 5.69 Å². The lowest BCUT2D eigenvalue weighted by Crippen LogP contribution is -2.31. The van der Waals surface area contributed by atoms with Crippen molar-refractivity contribution in [2.75, 3.05) is 9.80 Å². The van der Waals surface area contributed by atoms with Crippen molar-refractivity contribution in [2.24, 2.45) is 0 Å². The maximum Gasteiger partial charge on any atom is 0.187 e. The highest BCUT2D eigenvalue weighted by Gasteiger charge is 2.46. The molecule has 1 unspecified atom stereocenters. The van der Waals surface area contributed by atoms with E-state index in [1.807, 2.05) is 72.8 Å². The molecular weight excluding hydrogens is 746 g/mol. The maximum absolute atomic E-state index is 17.5. The fraction of sp³-hybridized carbons (Fsp3) is 0.0702. The molecule has 1 heterocycles. The lowest BCUT2D eigenvalue weighted by Gasteiger charge is -2.36. The number of anilines is 5. The van der Waals surface area contributed by atoms with Gasteiger partial charge in [-0.3, -0.25) is 0 Å². The standard InChI is InChI=1S/C57H40FN3/c1-57(2)48-36-43(59-3)28-33-52(48)61(56(57)41-20-12-6-13-21-41)51-32-27-40-24-29-45-50(31-26-39-25-30-46(51)54(40)53(39)45)60(44-22-14-7-15-23-44)55-47(38-18-10-5-11-19-38)34-42(35-49(55)58)37-16-8-4-9-17-37/h4-36,56H,1-2H3. The Hall–Kier alpha value is -7.74. The normalized spacial score (nSPS) is 14.4. The molecule has 1 atom stereocenters. The summed E-state index contributed by atoms with van der Waals surface area (Å²) in [6.45, 7) is 12.4. The Morgan fingerprint density at radius 1 is 0.557 bits per heavy atom. The van der Waals surface area contributed by atoms with Crippen molar-refractivity contribution in [3.05, 3.63) is 229 Å². The van der Waals surface area contributed by atoms with E-state index in [4.69, 9.17) is 6.57 Å². The van der Waals surface area contributed by atoms with Crippen LogP contribution in [0.3, 0.4) is 0 Å². The molecule has 11 rings (SSSR count). The molecular formula is C57H40FN3. The minimum absolute atomic E-state index is 0.0227. The Morgan fingerprint density at radius 2 is 1.13 bits per heavy atom. The van der Waals surface area contributed by atoms with Crippen LogP contribution in [0.1, 0.15) is 31.0 Å². The Bertz CT molecular complexity index is 3300. The fourth-order valence-electron chi connectivity index (χ4n) is 10.0. The SMILES string of the molecule is [C-]#[N+]c1ccc2c(c1)C(C)(C)C(c1ccccc1)N2c1ccc2ccc3c(N(c4ccccc4)c4c(F)cc(-c5ccccc5)cc4-c4ccccc4)ccc4ccc1c2c43. The van der Waals surface area contributed by atoms with E-state index in [9.17, 15) is 0 Å². The molecule has 0 saturated carbocycles. The van der Waals surface area contributed by atoms with Crippen molar-refractivity contribution >= 4 is 66.4 Å². The average molecular weight is 786 g/mol. The van der Waals surface area contributed by atoms with Gasteiger partial charge in [-0.15, -0.1) is 0 Å². The predicted octanol–water partition coefficient (Wildman–Crippen LogP) is 16.2. The van der Waals surface area contributed by atoms with Crippen molar-refractivity contribution in [2.45, 2.75) is 25.3 Å². The Kier molecular flexibility index (Phi) is 8.47. The van der Waals surface area contributed by atoms with Gasteiger partial charge >= 0.3 is 0 Å². The topological polar surface area (TPSA) is 10.8 Å². The van der Waals surface area contributed by atoms with Crippen LogP contribution in [-0.2, 0) is 5.41 Å². The third kappa shape index (κ3) is 5.77. The zero-order valence-electron chi connectivity index (χ0n) is 33.8. The highest BCUT2D eigenvalue weighted by atomic mass is 19.1. The van der Waals surface area contributed by atoms with Gasteiger partial charge < -0.3 is 9.80 Å². The van der Waals surface area contributed by atoms with E-state index in [0.717, 1.165) is 77.5 Å². The Balaban J connectivity index is 1.18.